The molecule has 0 aromatic heterocycles. The van der Waals surface area contributed by atoms with Crippen LogP contribution in [0.1, 0.15) is 36.2 Å². The van der Waals surface area contributed by atoms with Crippen LogP contribution in [0.2, 0.25) is 0 Å². The van der Waals surface area contributed by atoms with Gasteiger partial charge in [-0.05, 0) is 63.4 Å². The van der Waals surface area contributed by atoms with Crippen LogP contribution in [0.15, 0.2) is 22.7 Å². The lowest BCUT2D eigenvalue weighted by Gasteiger charge is -2.20. The maximum absolute atomic E-state index is 12.2. The van der Waals surface area contributed by atoms with E-state index in [1.54, 1.807) is 0 Å². The second kappa shape index (κ2) is 6.72. The van der Waals surface area contributed by atoms with Gasteiger partial charge in [0.2, 0.25) is 0 Å². The minimum Gasteiger partial charge on any atom is -0.352 e. The molecule has 1 unspecified atom stereocenters. The summed E-state index contributed by atoms with van der Waals surface area (Å²) in [4.78, 5) is 14.6. The molecule has 0 aliphatic carbocycles. The van der Waals surface area contributed by atoms with Gasteiger partial charge in [0.05, 0.1) is 0 Å². The van der Waals surface area contributed by atoms with E-state index in [0.29, 0.717) is 12.0 Å². The number of nitrogens with zero attached hydrogens (tertiary/aromatic N) is 1. The van der Waals surface area contributed by atoms with Crippen LogP contribution in [0.25, 0.3) is 0 Å². The predicted octanol–water partition coefficient (Wildman–Crippen LogP) is 3.22. The van der Waals surface area contributed by atoms with Gasteiger partial charge in [-0.3, -0.25) is 4.79 Å². The van der Waals surface area contributed by atoms with Gasteiger partial charge in [0.15, 0.2) is 0 Å². The average molecular weight is 339 g/mol. The van der Waals surface area contributed by atoms with Crippen molar-refractivity contribution in [3.8, 4) is 0 Å². The number of carbonyl (C=O) groups excluding carboxylic acids is 1. The number of nitrogens with one attached hydrogen (secondary N) is 1. The van der Waals surface area contributed by atoms with Crippen LogP contribution in [-0.4, -0.2) is 36.5 Å². The Morgan fingerprint density at radius 1 is 1.45 bits per heavy atom. The lowest BCUT2D eigenvalue weighted by Crippen LogP contribution is -2.33. The van der Waals surface area contributed by atoms with E-state index in [-0.39, 0.29) is 5.91 Å². The maximum atomic E-state index is 12.2. The second-order valence-corrected chi connectivity index (χ2v) is 6.89. The van der Waals surface area contributed by atoms with Crippen molar-refractivity contribution in [3.63, 3.8) is 0 Å². The van der Waals surface area contributed by atoms with E-state index < -0.39 is 0 Å². The molecule has 1 aromatic carbocycles. The number of hydrogen-bond acceptors (Lipinski definition) is 2. The number of amides is 1. The van der Waals surface area contributed by atoms with Gasteiger partial charge in [-0.2, -0.15) is 0 Å². The van der Waals surface area contributed by atoms with E-state index >= 15 is 0 Å². The van der Waals surface area contributed by atoms with Crippen molar-refractivity contribution in [1.82, 2.24) is 10.2 Å². The van der Waals surface area contributed by atoms with E-state index in [1.807, 2.05) is 25.1 Å². The van der Waals surface area contributed by atoms with Crippen LogP contribution in [0.5, 0.6) is 0 Å². The molecule has 0 bridgehead atoms. The maximum Gasteiger partial charge on any atom is 0.251 e. The molecule has 1 aliphatic heterocycles. The summed E-state index contributed by atoms with van der Waals surface area (Å²) in [6.07, 6.45) is 1.18. The third-order valence-corrected chi connectivity index (χ3v) is 4.36. The second-order valence-electron chi connectivity index (χ2n) is 5.97. The molecular formula is C16H23BrN2O. The van der Waals surface area contributed by atoms with Gasteiger partial charge in [0, 0.05) is 29.2 Å². The SMILES string of the molecule is Cc1cc(Br)cc(C(=O)NCC2CCN(C(C)C)C2)c1. The Labute approximate surface area is 129 Å². The zero-order valence-corrected chi connectivity index (χ0v) is 14.0. The Morgan fingerprint density at radius 2 is 2.20 bits per heavy atom. The highest BCUT2D eigenvalue weighted by Crippen LogP contribution is 2.18. The first kappa shape index (κ1) is 15.5. The predicted molar refractivity (Wildman–Crippen MR) is 86.0 cm³/mol. The topological polar surface area (TPSA) is 32.3 Å². The summed E-state index contributed by atoms with van der Waals surface area (Å²) < 4.78 is 0.953. The molecule has 1 aliphatic rings. The molecule has 20 heavy (non-hydrogen) atoms. The summed E-state index contributed by atoms with van der Waals surface area (Å²) in [6, 6.07) is 6.41. The Kier molecular flexibility index (Phi) is 5.22. The summed E-state index contributed by atoms with van der Waals surface area (Å²) in [5.41, 5.74) is 1.83. The fourth-order valence-electron chi connectivity index (χ4n) is 2.70. The van der Waals surface area contributed by atoms with Crippen molar-refractivity contribution >= 4 is 21.8 Å². The largest absolute Gasteiger partial charge is 0.352 e. The molecule has 1 amide bonds. The fourth-order valence-corrected chi connectivity index (χ4v) is 3.31. The van der Waals surface area contributed by atoms with Gasteiger partial charge in [-0.1, -0.05) is 15.9 Å². The van der Waals surface area contributed by atoms with E-state index in [4.69, 9.17) is 0 Å². The lowest BCUT2D eigenvalue weighted by atomic mass is 10.1. The van der Waals surface area contributed by atoms with E-state index in [9.17, 15) is 4.79 Å². The third kappa shape index (κ3) is 4.06. The van der Waals surface area contributed by atoms with E-state index in [1.165, 1.54) is 6.42 Å². The molecular weight excluding hydrogens is 316 g/mol. The first-order valence-corrected chi connectivity index (χ1v) is 8.04. The van der Waals surface area contributed by atoms with Crippen LogP contribution >= 0.6 is 15.9 Å². The van der Waals surface area contributed by atoms with E-state index in [2.05, 4.69) is 40.0 Å². The number of aryl methyl sites for hydroxylation is 1. The monoisotopic (exact) mass is 338 g/mol. The highest BCUT2D eigenvalue weighted by molar-refractivity contribution is 9.10. The molecule has 1 heterocycles. The third-order valence-electron chi connectivity index (χ3n) is 3.90. The van der Waals surface area contributed by atoms with Crippen LogP contribution in [-0.2, 0) is 0 Å². The van der Waals surface area contributed by atoms with Crippen molar-refractivity contribution in [2.75, 3.05) is 19.6 Å². The average Bonchev–Trinajstić information content (AvgIpc) is 2.83. The zero-order valence-electron chi connectivity index (χ0n) is 12.4. The van der Waals surface area contributed by atoms with E-state index in [0.717, 1.165) is 35.2 Å². The first-order valence-electron chi connectivity index (χ1n) is 7.25. The van der Waals surface area contributed by atoms with Gasteiger partial charge in [0.25, 0.3) is 5.91 Å². The van der Waals surface area contributed by atoms with Crippen LogP contribution in [0.4, 0.5) is 0 Å². The highest BCUT2D eigenvalue weighted by atomic mass is 79.9. The minimum absolute atomic E-state index is 0.0254. The number of rotatable bonds is 4. The number of carbonyl (C=O) groups is 1. The molecule has 1 fully saturated rings. The Balaban J connectivity index is 1.87. The van der Waals surface area contributed by atoms with Gasteiger partial charge < -0.3 is 10.2 Å². The number of hydrogen-bond donors (Lipinski definition) is 1. The van der Waals surface area contributed by atoms with Gasteiger partial charge >= 0.3 is 0 Å². The number of likely N-dealkylation sites (tertiary alicyclic amines) is 1. The van der Waals surface area contributed by atoms with Crippen LogP contribution < -0.4 is 5.32 Å². The molecule has 4 heteroatoms. The molecule has 1 aromatic rings. The molecule has 0 radical (unpaired) electrons. The molecule has 0 saturated carbocycles. The minimum atomic E-state index is 0.0254. The van der Waals surface area contributed by atoms with Crippen molar-refractivity contribution in [2.45, 2.75) is 33.2 Å². The summed E-state index contributed by atoms with van der Waals surface area (Å²) in [5.74, 6) is 0.604. The molecule has 0 spiro atoms. The van der Waals surface area contributed by atoms with Crippen LogP contribution in [0.3, 0.4) is 0 Å². The van der Waals surface area contributed by atoms with Crippen molar-refractivity contribution in [2.24, 2.45) is 5.92 Å². The quantitative estimate of drug-likeness (QED) is 0.914. The molecule has 1 atom stereocenters. The summed E-state index contributed by atoms with van der Waals surface area (Å²) in [7, 11) is 0. The van der Waals surface area contributed by atoms with Crippen molar-refractivity contribution < 1.29 is 4.79 Å². The number of halogens is 1. The van der Waals surface area contributed by atoms with Crippen molar-refractivity contribution in [1.29, 1.82) is 0 Å². The van der Waals surface area contributed by atoms with Crippen LogP contribution in [0, 0.1) is 12.8 Å². The Hall–Kier alpha value is -0.870. The molecule has 1 N–H and O–H groups in total. The molecule has 3 nitrogen and oxygen atoms in total. The lowest BCUT2D eigenvalue weighted by molar-refractivity contribution is 0.0947. The summed E-state index contributed by atoms with van der Waals surface area (Å²) >= 11 is 3.44. The van der Waals surface area contributed by atoms with Gasteiger partial charge in [-0.15, -0.1) is 0 Å². The summed E-state index contributed by atoms with van der Waals surface area (Å²) in [6.45, 7) is 9.47. The van der Waals surface area contributed by atoms with Gasteiger partial charge in [-0.25, -0.2) is 0 Å². The molecule has 2 rings (SSSR count). The van der Waals surface area contributed by atoms with Gasteiger partial charge in [0.1, 0.15) is 0 Å². The van der Waals surface area contributed by atoms with Crippen molar-refractivity contribution in [3.05, 3.63) is 33.8 Å². The Morgan fingerprint density at radius 3 is 2.80 bits per heavy atom. The Bertz CT molecular complexity index is 467. The summed E-state index contributed by atoms with van der Waals surface area (Å²) in [5, 5.41) is 3.07. The molecule has 110 valence electrons. The normalized spacial score (nSPS) is 19.6. The first-order chi connectivity index (χ1) is 9.45. The standard InChI is InChI=1S/C16H23BrN2O/c1-11(2)19-5-4-13(10-19)9-18-16(20)14-6-12(3)7-15(17)8-14/h6-8,11,13H,4-5,9-10H2,1-3H3,(H,18,20). The highest BCUT2D eigenvalue weighted by Gasteiger charge is 2.24. The number of benzene rings is 1. The fraction of sp³-hybridized carbons (Fsp3) is 0.562. The zero-order chi connectivity index (χ0) is 14.7. The smallest absolute Gasteiger partial charge is 0.251 e. The molecule has 1 saturated heterocycles.